The highest BCUT2D eigenvalue weighted by atomic mass is 35.5. The van der Waals surface area contributed by atoms with Gasteiger partial charge in [0.25, 0.3) is 5.91 Å². The molecule has 2 N–H and O–H groups in total. The van der Waals surface area contributed by atoms with Gasteiger partial charge in [-0.1, -0.05) is 11.6 Å². The molecule has 19 heavy (non-hydrogen) atoms. The first kappa shape index (κ1) is 12.8. The molecular formula is C14H17ClN2O2. The molecule has 0 aliphatic carbocycles. The number of carbonyl (C=O) groups is 1. The maximum absolute atomic E-state index is 12.4. The average molecular weight is 281 g/mol. The van der Waals surface area contributed by atoms with E-state index in [-0.39, 0.29) is 16.7 Å². The molecule has 2 heterocycles. The van der Waals surface area contributed by atoms with Crippen molar-refractivity contribution >= 4 is 17.5 Å². The summed E-state index contributed by atoms with van der Waals surface area (Å²) in [5.41, 5.74) is 0.543. The summed E-state index contributed by atoms with van der Waals surface area (Å²) in [6.07, 6.45) is 2.38. The number of carbonyl (C=O) groups excluding carboxylic acids is 1. The SMILES string of the molecule is O=C(c1ccc(O)c(Cl)c1)N1C[C@@H]2CCCN[C@@H]2C1. The van der Waals surface area contributed by atoms with Crippen molar-refractivity contribution in [2.24, 2.45) is 5.92 Å². The molecule has 0 unspecified atom stereocenters. The van der Waals surface area contributed by atoms with Gasteiger partial charge in [0.1, 0.15) is 5.75 Å². The van der Waals surface area contributed by atoms with Crippen molar-refractivity contribution in [2.45, 2.75) is 18.9 Å². The molecule has 102 valence electrons. The molecule has 2 atom stereocenters. The lowest BCUT2D eigenvalue weighted by Gasteiger charge is -2.24. The zero-order valence-corrected chi connectivity index (χ0v) is 11.4. The number of phenols is 1. The standard InChI is InChI=1S/C14H17ClN2O2/c15-11-6-9(3-4-13(11)18)14(19)17-7-10-2-1-5-16-12(10)8-17/h3-4,6,10,12,16,18H,1-2,5,7-8H2/t10-,12+/m0/s1. The predicted octanol–water partition coefficient (Wildman–Crippen LogP) is 1.87. The minimum atomic E-state index is -0.00176. The van der Waals surface area contributed by atoms with Crippen LogP contribution in [0.25, 0.3) is 0 Å². The number of piperidine rings is 1. The number of phenolic OH excluding ortho intramolecular Hbond substituents is 1. The van der Waals surface area contributed by atoms with Crippen LogP contribution in [0.1, 0.15) is 23.2 Å². The smallest absolute Gasteiger partial charge is 0.253 e. The highest BCUT2D eigenvalue weighted by Gasteiger charge is 2.36. The molecular weight excluding hydrogens is 264 g/mol. The van der Waals surface area contributed by atoms with E-state index >= 15 is 0 Å². The number of rotatable bonds is 1. The van der Waals surface area contributed by atoms with Crippen molar-refractivity contribution in [1.82, 2.24) is 10.2 Å². The third kappa shape index (κ3) is 2.42. The van der Waals surface area contributed by atoms with Crippen LogP contribution in [0.2, 0.25) is 5.02 Å². The van der Waals surface area contributed by atoms with Gasteiger partial charge in [-0.2, -0.15) is 0 Å². The van der Waals surface area contributed by atoms with Crippen LogP contribution in [0.3, 0.4) is 0 Å². The van der Waals surface area contributed by atoms with Crippen LogP contribution in [-0.2, 0) is 0 Å². The molecule has 0 saturated carbocycles. The Bertz CT molecular complexity index is 492. The number of amides is 1. The molecule has 2 saturated heterocycles. The zero-order valence-electron chi connectivity index (χ0n) is 10.6. The second-order valence-corrected chi connectivity index (χ2v) is 5.75. The summed E-state index contributed by atoms with van der Waals surface area (Å²) < 4.78 is 0. The van der Waals surface area contributed by atoms with Gasteiger partial charge in [-0.05, 0) is 43.5 Å². The Morgan fingerprint density at radius 1 is 1.42 bits per heavy atom. The molecule has 0 spiro atoms. The summed E-state index contributed by atoms with van der Waals surface area (Å²) in [5.74, 6) is 0.582. The Kier molecular flexibility index (Phi) is 3.37. The van der Waals surface area contributed by atoms with Crippen molar-refractivity contribution in [2.75, 3.05) is 19.6 Å². The number of benzene rings is 1. The van der Waals surface area contributed by atoms with Crippen LogP contribution in [0, 0.1) is 5.92 Å². The fourth-order valence-electron chi connectivity index (χ4n) is 3.04. The third-order valence-electron chi connectivity index (χ3n) is 4.08. The second kappa shape index (κ2) is 5.02. The van der Waals surface area contributed by atoms with Crippen molar-refractivity contribution in [3.05, 3.63) is 28.8 Å². The van der Waals surface area contributed by atoms with Crippen LogP contribution in [0.4, 0.5) is 0 Å². The van der Waals surface area contributed by atoms with E-state index in [0.717, 1.165) is 19.6 Å². The van der Waals surface area contributed by atoms with Gasteiger partial charge in [-0.15, -0.1) is 0 Å². The van der Waals surface area contributed by atoms with Gasteiger partial charge in [0.2, 0.25) is 0 Å². The molecule has 1 aromatic carbocycles. The van der Waals surface area contributed by atoms with E-state index in [1.165, 1.54) is 25.0 Å². The lowest BCUT2D eigenvalue weighted by atomic mass is 9.94. The largest absolute Gasteiger partial charge is 0.506 e. The van der Waals surface area contributed by atoms with Crippen LogP contribution >= 0.6 is 11.6 Å². The van der Waals surface area contributed by atoms with Crippen LogP contribution in [0.15, 0.2) is 18.2 Å². The first-order valence-corrected chi connectivity index (χ1v) is 7.04. The number of hydrogen-bond donors (Lipinski definition) is 2. The molecule has 0 bridgehead atoms. The molecule has 0 aromatic heterocycles. The van der Waals surface area contributed by atoms with Crippen LogP contribution in [-0.4, -0.2) is 41.6 Å². The van der Waals surface area contributed by atoms with Gasteiger partial charge < -0.3 is 15.3 Å². The number of aromatic hydroxyl groups is 1. The Labute approximate surface area is 117 Å². The van der Waals surface area contributed by atoms with Crippen LogP contribution < -0.4 is 5.32 Å². The van der Waals surface area contributed by atoms with E-state index in [1.54, 1.807) is 6.07 Å². The summed E-state index contributed by atoms with van der Waals surface area (Å²) in [6, 6.07) is 5.06. The summed E-state index contributed by atoms with van der Waals surface area (Å²) in [4.78, 5) is 14.3. The van der Waals surface area contributed by atoms with E-state index in [2.05, 4.69) is 5.32 Å². The Hall–Kier alpha value is -1.26. The molecule has 0 radical (unpaired) electrons. The van der Waals surface area contributed by atoms with Gasteiger partial charge >= 0.3 is 0 Å². The topological polar surface area (TPSA) is 52.6 Å². The lowest BCUT2D eigenvalue weighted by Crippen LogP contribution is -2.41. The number of halogens is 1. The molecule has 4 nitrogen and oxygen atoms in total. The Morgan fingerprint density at radius 3 is 3.00 bits per heavy atom. The fourth-order valence-corrected chi connectivity index (χ4v) is 3.22. The first-order valence-electron chi connectivity index (χ1n) is 6.66. The highest BCUT2D eigenvalue weighted by Crippen LogP contribution is 2.28. The molecule has 2 fully saturated rings. The summed E-state index contributed by atoms with van der Waals surface area (Å²) >= 11 is 5.85. The highest BCUT2D eigenvalue weighted by molar-refractivity contribution is 6.32. The maximum atomic E-state index is 12.4. The van der Waals surface area contributed by atoms with Crippen LogP contribution in [0.5, 0.6) is 5.75 Å². The summed E-state index contributed by atoms with van der Waals surface area (Å²) in [6.45, 7) is 2.63. The number of nitrogens with one attached hydrogen (secondary N) is 1. The van der Waals surface area contributed by atoms with E-state index in [1.807, 2.05) is 4.90 Å². The Balaban J connectivity index is 1.75. The molecule has 2 aliphatic heterocycles. The van der Waals surface area contributed by atoms with E-state index in [4.69, 9.17) is 11.6 Å². The molecule has 2 aliphatic rings. The quantitative estimate of drug-likeness (QED) is 0.826. The molecule has 1 amide bonds. The van der Waals surface area contributed by atoms with Crippen molar-refractivity contribution in [3.8, 4) is 5.75 Å². The number of fused-ring (bicyclic) bond motifs is 1. The molecule has 5 heteroatoms. The van der Waals surface area contributed by atoms with Crippen molar-refractivity contribution in [1.29, 1.82) is 0 Å². The zero-order chi connectivity index (χ0) is 13.4. The second-order valence-electron chi connectivity index (χ2n) is 5.34. The maximum Gasteiger partial charge on any atom is 0.253 e. The van der Waals surface area contributed by atoms with Crippen molar-refractivity contribution in [3.63, 3.8) is 0 Å². The number of nitrogens with zero attached hydrogens (tertiary/aromatic N) is 1. The summed E-state index contributed by atoms with van der Waals surface area (Å²) in [7, 11) is 0. The van der Waals surface area contributed by atoms with E-state index in [9.17, 15) is 9.90 Å². The van der Waals surface area contributed by atoms with Gasteiger partial charge in [-0.3, -0.25) is 4.79 Å². The monoisotopic (exact) mass is 280 g/mol. The average Bonchev–Trinajstić information content (AvgIpc) is 2.85. The third-order valence-corrected chi connectivity index (χ3v) is 4.38. The van der Waals surface area contributed by atoms with Gasteiger partial charge in [-0.25, -0.2) is 0 Å². The van der Waals surface area contributed by atoms with Gasteiger partial charge in [0.05, 0.1) is 5.02 Å². The normalized spacial score (nSPS) is 26.3. The number of hydrogen-bond acceptors (Lipinski definition) is 3. The number of likely N-dealkylation sites (tertiary alicyclic amines) is 1. The van der Waals surface area contributed by atoms with Gasteiger partial charge in [0, 0.05) is 24.7 Å². The Morgan fingerprint density at radius 2 is 2.26 bits per heavy atom. The molecule has 1 aromatic rings. The van der Waals surface area contributed by atoms with E-state index in [0.29, 0.717) is 17.5 Å². The molecule has 3 rings (SSSR count). The van der Waals surface area contributed by atoms with Gasteiger partial charge in [0.15, 0.2) is 0 Å². The lowest BCUT2D eigenvalue weighted by molar-refractivity contribution is 0.0785. The fraction of sp³-hybridized carbons (Fsp3) is 0.500. The predicted molar refractivity (Wildman–Crippen MR) is 73.5 cm³/mol. The summed E-state index contributed by atoms with van der Waals surface area (Å²) in [5, 5.41) is 13.1. The van der Waals surface area contributed by atoms with E-state index < -0.39 is 0 Å². The first-order chi connectivity index (χ1) is 9.15. The van der Waals surface area contributed by atoms with Crippen molar-refractivity contribution < 1.29 is 9.90 Å². The minimum Gasteiger partial charge on any atom is -0.506 e. The minimum absolute atomic E-state index is 0.00176.